The molecule has 0 fully saturated rings. The summed E-state index contributed by atoms with van der Waals surface area (Å²) >= 11 is 1.08. The number of H-pyrrole nitrogens is 1. The van der Waals surface area contributed by atoms with E-state index >= 15 is 0 Å². The second-order valence-corrected chi connectivity index (χ2v) is 6.36. The van der Waals surface area contributed by atoms with Crippen molar-refractivity contribution >= 4 is 34.0 Å². The molecule has 2 heterocycles. The van der Waals surface area contributed by atoms with Crippen LogP contribution in [0, 0.1) is 0 Å². The number of nitrogens with one attached hydrogen (secondary N) is 2. The number of aromatic amines is 1. The maximum Gasteiger partial charge on any atom is 0.269 e. The molecule has 0 aliphatic carbocycles. The van der Waals surface area contributed by atoms with E-state index in [0.717, 1.165) is 28.9 Å². The molecule has 0 bridgehead atoms. The number of fused-ring (bicyclic) bond motifs is 1. The van der Waals surface area contributed by atoms with E-state index in [9.17, 15) is 9.59 Å². The van der Waals surface area contributed by atoms with Crippen LogP contribution >= 0.6 is 11.5 Å². The molecule has 25 heavy (non-hydrogen) atoms. The Morgan fingerprint density at radius 3 is 2.96 bits per heavy atom. The van der Waals surface area contributed by atoms with Gasteiger partial charge >= 0.3 is 0 Å². The van der Waals surface area contributed by atoms with Crippen LogP contribution < -0.4 is 10.9 Å². The minimum Gasteiger partial charge on any atom is -0.380 e. The lowest BCUT2D eigenvalue weighted by Crippen LogP contribution is -2.13. The van der Waals surface area contributed by atoms with E-state index < -0.39 is 0 Å². The zero-order chi connectivity index (χ0) is 17.8. The Bertz CT molecular complexity index is 964. The highest BCUT2D eigenvalue weighted by molar-refractivity contribution is 7.08. The Kier molecular flexibility index (Phi) is 5.20. The standard InChI is InChI=1S/C17H18N4O3S/c1-3-4-13-16(25-21-20-13)17(23)18-11-5-6-12-10(9-24-2)7-15(22)19-14(12)8-11/h5-8H,3-4,9H2,1-2H3,(H,18,23)(H,19,22). The summed E-state index contributed by atoms with van der Waals surface area (Å²) in [7, 11) is 1.58. The van der Waals surface area contributed by atoms with Crippen molar-refractivity contribution in [3.05, 3.63) is 50.8 Å². The van der Waals surface area contributed by atoms with Crippen molar-refractivity contribution in [2.45, 2.75) is 26.4 Å². The van der Waals surface area contributed by atoms with Crippen molar-refractivity contribution in [3.63, 3.8) is 0 Å². The molecular formula is C17H18N4O3S. The Morgan fingerprint density at radius 1 is 1.36 bits per heavy atom. The molecule has 1 amide bonds. The molecule has 3 rings (SSSR count). The van der Waals surface area contributed by atoms with Gasteiger partial charge in [0.25, 0.3) is 5.91 Å². The number of aromatic nitrogens is 3. The van der Waals surface area contributed by atoms with Crippen molar-refractivity contribution in [2.75, 3.05) is 12.4 Å². The number of benzene rings is 1. The smallest absolute Gasteiger partial charge is 0.269 e. The SMILES string of the molecule is CCCc1nnsc1C(=O)Nc1ccc2c(COC)cc(=O)[nH]c2c1. The molecule has 130 valence electrons. The van der Waals surface area contributed by atoms with Gasteiger partial charge in [0, 0.05) is 24.2 Å². The maximum absolute atomic E-state index is 12.5. The largest absolute Gasteiger partial charge is 0.380 e. The molecule has 2 aromatic heterocycles. The number of aryl methyl sites for hydroxylation is 1. The van der Waals surface area contributed by atoms with Crippen molar-refractivity contribution in [3.8, 4) is 0 Å². The maximum atomic E-state index is 12.5. The Morgan fingerprint density at radius 2 is 2.20 bits per heavy atom. The summed E-state index contributed by atoms with van der Waals surface area (Å²) in [5.41, 5.74) is 2.55. The summed E-state index contributed by atoms with van der Waals surface area (Å²) in [6.07, 6.45) is 1.61. The van der Waals surface area contributed by atoms with E-state index in [4.69, 9.17) is 4.74 Å². The van der Waals surface area contributed by atoms with Crippen LogP contribution in [0.1, 0.15) is 34.3 Å². The third kappa shape index (κ3) is 3.75. The van der Waals surface area contributed by atoms with E-state index in [0.29, 0.717) is 34.8 Å². The molecule has 0 aliphatic heterocycles. The summed E-state index contributed by atoms with van der Waals surface area (Å²) in [6.45, 7) is 2.37. The number of hydrogen-bond donors (Lipinski definition) is 2. The fourth-order valence-corrected chi connectivity index (χ4v) is 3.26. The Balaban J connectivity index is 1.90. The van der Waals surface area contributed by atoms with Gasteiger partial charge in [-0.2, -0.15) is 0 Å². The van der Waals surface area contributed by atoms with Gasteiger partial charge in [0.2, 0.25) is 5.56 Å². The topological polar surface area (TPSA) is 97.0 Å². The quantitative estimate of drug-likeness (QED) is 0.706. The molecule has 0 saturated carbocycles. The molecule has 0 aliphatic rings. The van der Waals surface area contributed by atoms with Gasteiger partial charge in [-0.1, -0.05) is 23.9 Å². The summed E-state index contributed by atoms with van der Waals surface area (Å²) in [4.78, 5) is 27.6. The lowest BCUT2D eigenvalue weighted by atomic mass is 10.1. The van der Waals surface area contributed by atoms with Crippen LogP contribution in [0.15, 0.2) is 29.1 Å². The van der Waals surface area contributed by atoms with Gasteiger partial charge in [-0.3, -0.25) is 9.59 Å². The van der Waals surface area contributed by atoms with E-state index in [1.807, 2.05) is 13.0 Å². The predicted molar refractivity (Wildman–Crippen MR) is 97.1 cm³/mol. The minimum absolute atomic E-state index is 0.208. The van der Waals surface area contributed by atoms with E-state index in [1.54, 1.807) is 19.2 Å². The van der Waals surface area contributed by atoms with Gasteiger partial charge < -0.3 is 15.0 Å². The van der Waals surface area contributed by atoms with E-state index in [-0.39, 0.29) is 11.5 Å². The second-order valence-electron chi connectivity index (χ2n) is 5.61. The number of carbonyl (C=O) groups excluding carboxylic acids is 1. The lowest BCUT2D eigenvalue weighted by Gasteiger charge is -2.09. The highest BCUT2D eigenvalue weighted by atomic mass is 32.1. The van der Waals surface area contributed by atoms with Crippen LogP contribution in [0.3, 0.4) is 0 Å². The van der Waals surface area contributed by atoms with Crippen molar-refractivity contribution in [1.82, 2.24) is 14.6 Å². The first kappa shape index (κ1) is 17.2. The zero-order valence-electron chi connectivity index (χ0n) is 14.0. The molecule has 7 nitrogen and oxygen atoms in total. The number of pyridine rings is 1. The highest BCUT2D eigenvalue weighted by Gasteiger charge is 2.16. The van der Waals surface area contributed by atoms with Gasteiger partial charge in [0.05, 0.1) is 17.8 Å². The molecule has 2 N–H and O–H groups in total. The monoisotopic (exact) mass is 358 g/mol. The average molecular weight is 358 g/mol. The van der Waals surface area contributed by atoms with Crippen LogP contribution in [0.2, 0.25) is 0 Å². The van der Waals surface area contributed by atoms with Gasteiger partial charge in [-0.25, -0.2) is 0 Å². The van der Waals surface area contributed by atoms with Crippen molar-refractivity contribution in [2.24, 2.45) is 0 Å². The summed E-state index contributed by atoms with van der Waals surface area (Å²) in [5.74, 6) is -0.242. The van der Waals surface area contributed by atoms with Crippen LogP contribution in [-0.2, 0) is 17.8 Å². The fourth-order valence-electron chi connectivity index (χ4n) is 2.65. The number of nitrogens with zero attached hydrogens (tertiary/aromatic N) is 2. The van der Waals surface area contributed by atoms with Crippen LogP contribution in [0.5, 0.6) is 0 Å². The third-order valence-electron chi connectivity index (χ3n) is 3.74. The van der Waals surface area contributed by atoms with Gasteiger partial charge in [-0.05, 0) is 35.6 Å². The van der Waals surface area contributed by atoms with Crippen LogP contribution in [0.25, 0.3) is 10.9 Å². The molecule has 0 radical (unpaired) electrons. The highest BCUT2D eigenvalue weighted by Crippen LogP contribution is 2.22. The molecule has 0 atom stereocenters. The summed E-state index contributed by atoms with van der Waals surface area (Å²) < 4.78 is 9.00. The number of methoxy groups -OCH3 is 1. The molecule has 0 saturated heterocycles. The first-order valence-electron chi connectivity index (χ1n) is 7.90. The molecular weight excluding hydrogens is 340 g/mol. The number of ether oxygens (including phenoxy) is 1. The number of amides is 1. The first-order valence-corrected chi connectivity index (χ1v) is 8.67. The normalized spacial score (nSPS) is 11.0. The third-order valence-corrected chi connectivity index (χ3v) is 4.50. The minimum atomic E-state index is -0.242. The van der Waals surface area contributed by atoms with Crippen molar-refractivity contribution in [1.29, 1.82) is 0 Å². The average Bonchev–Trinajstić information content (AvgIpc) is 3.03. The zero-order valence-corrected chi connectivity index (χ0v) is 14.8. The van der Waals surface area contributed by atoms with Gasteiger partial charge in [-0.15, -0.1) is 5.10 Å². The first-order chi connectivity index (χ1) is 12.1. The van der Waals surface area contributed by atoms with Crippen LogP contribution in [-0.4, -0.2) is 27.6 Å². The molecule has 8 heteroatoms. The van der Waals surface area contributed by atoms with E-state index in [2.05, 4.69) is 19.9 Å². The molecule has 3 aromatic rings. The van der Waals surface area contributed by atoms with Crippen molar-refractivity contribution < 1.29 is 9.53 Å². The molecule has 0 unspecified atom stereocenters. The Labute approximate surface area is 148 Å². The van der Waals surface area contributed by atoms with E-state index in [1.165, 1.54) is 6.07 Å². The number of rotatable bonds is 6. The number of hydrogen-bond acceptors (Lipinski definition) is 6. The predicted octanol–water partition coefficient (Wildman–Crippen LogP) is 2.73. The number of anilines is 1. The summed E-state index contributed by atoms with van der Waals surface area (Å²) in [5, 5.41) is 7.73. The fraction of sp³-hybridized carbons (Fsp3) is 0.294. The lowest BCUT2D eigenvalue weighted by molar-refractivity contribution is 0.102. The molecule has 0 spiro atoms. The number of carbonyl (C=O) groups is 1. The van der Waals surface area contributed by atoms with Gasteiger partial charge in [0.1, 0.15) is 4.88 Å². The summed E-state index contributed by atoms with van der Waals surface area (Å²) in [6, 6.07) is 6.91. The second kappa shape index (κ2) is 7.54. The molecule has 1 aromatic carbocycles. The van der Waals surface area contributed by atoms with Gasteiger partial charge in [0.15, 0.2) is 0 Å². The van der Waals surface area contributed by atoms with Crippen LogP contribution in [0.4, 0.5) is 5.69 Å². The Hall–Kier alpha value is -2.58.